The van der Waals surface area contributed by atoms with Crippen molar-refractivity contribution in [3.05, 3.63) is 24.0 Å². The van der Waals surface area contributed by atoms with Crippen LogP contribution in [0.2, 0.25) is 0 Å². The number of nitrogens with zero attached hydrogens (tertiary/aromatic N) is 2. The van der Waals surface area contributed by atoms with Crippen molar-refractivity contribution in [2.75, 3.05) is 39.0 Å². The Bertz CT molecular complexity index is 407. The number of morpholine rings is 1. The summed E-state index contributed by atoms with van der Waals surface area (Å²) in [5.74, 6) is -0.202. The van der Waals surface area contributed by atoms with E-state index in [0.29, 0.717) is 24.5 Å². The van der Waals surface area contributed by atoms with E-state index in [1.54, 1.807) is 12.1 Å². The molecular weight excluding hydrogens is 232 g/mol. The van der Waals surface area contributed by atoms with Gasteiger partial charge < -0.3 is 20.7 Å². The number of hydrogen-bond acceptors (Lipinski definition) is 5. The van der Waals surface area contributed by atoms with Crippen molar-refractivity contribution in [2.45, 2.75) is 6.10 Å². The van der Waals surface area contributed by atoms with E-state index in [1.165, 1.54) is 6.20 Å². The zero-order valence-electron chi connectivity index (χ0n) is 10.4. The van der Waals surface area contributed by atoms with Gasteiger partial charge in [0.15, 0.2) is 0 Å². The van der Waals surface area contributed by atoms with Gasteiger partial charge in [0.1, 0.15) is 5.69 Å². The number of likely N-dealkylation sites (N-methyl/N-ethyl adjacent to an activating group) is 1. The highest BCUT2D eigenvalue weighted by atomic mass is 16.5. The number of carbonyl (C=O) groups excluding carboxylic acids is 1. The summed E-state index contributed by atoms with van der Waals surface area (Å²) in [5.41, 5.74) is 6.43. The van der Waals surface area contributed by atoms with Crippen LogP contribution in [-0.4, -0.2) is 55.2 Å². The molecule has 1 aliphatic heterocycles. The molecule has 1 unspecified atom stereocenters. The number of pyridine rings is 1. The van der Waals surface area contributed by atoms with Crippen LogP contribution in [0.5, 0.6) is 0 Å². The molecular formula is C12H18N4O2. The molecule has 0 radical (unpaired) electrons. The third kappa shape index (κ3) is 3.41. The van der Waals surface area contributed by atoms with Gasteiger partial charge in [0.2, 0.25) is 0 Å². The highest BCUT2D eigenvalue weighted by Crippen LogP contribution is 2.03. The third-order valence-electron chi connectivity index (χ3n) is 2.85. The average Bonchev–Trinajstić information content (AvgIpc) is 2.37. The smallest absolute Gasteiger partial charge is 0.269 e. The molecule has 6 heteroatoms. The first-order valence-electron chi connectivity index (χ1n) is 5.95. The van der Waals surface area contributed by atoms with Gasteiger partial charge in [-0.2, -0.15) is 0 Å². The highest BCUT2D eigenvalue weighted by molar-refractivity contribution is 5.92. The minimum Gasteiger partial charge on any atom is -0.397 e. The fourth-order valence-corrected chi connectivity index (χ4v) is 1.83. The van der Waals surface area contributed by atoms with Crippen molar-refractivity contribution < 1.29 is 9.53 Å². The number of rotatable bonds is 3. The molecule has 98 valence electrons. The molecule has 3 N–H and O–H groups in total. The molecule has 1 aliphatic rings. The Morgan fingerprint density at radius 2 is 2.50 bits per heavy atom. The number of nitrogen functional groups attached to an aromatic ring is 1. The van der Waals surface area contributed by atoms with Gasteiger partial charge in [0, 0.05) is 19.6 Å². The second kappa shape index (κ2) is 5.79. The predicted molar refractivity (Wildman–Crippen MR) is 68.2 cm³/mol. The Balaban J connectivity index is 1.82. The standard InChI is InChI=1S/C12H18N4O2/c1-16-4-5-18-10(8-16)7-15-12(17)11-3-2-9(13)6-14-11/h2-3,6,10H,4-5,7-8,13H2,1H3,(H,15,17). The van der Waals surface area contributed by atoms with Crippen molar-refractivity contribution in [2.24, 2.45) is 0 Å². The summed E-state index contributed by atoms with van der Waals surface area (Å²) in [5, 5.41) is 2.81. The van der Waals surface area contributed by atoms with Crippen LogP contribution in [0.1, 0.15) is 10.5 Å². The number of amides is 1. The SMILES string of the molecule is CN1CCOC(CNC(=O)c2ccc(N)cn2)C1. The van der Waals surface area contributed by atoms with Gasteiger partial charge in [-0.25, -0.2) is 4.98 Å². The molecule has 18 heavy (non-hydrogen) atoms. The Kier molecular flexibility index (Phi) is 4.11. The third-order valence-corrected chi connectivity index (χ3v) is 2.85. The molecule has 1 atom stereocenters. The lowest BCUT2D eigenvalue weighted by atomic mass is 10.2. The summed E-state index contributed by atoms with van der Waals surface area (Å²) >= 11 is 0. The fraction of sp³-hybridized carbons (Fsp3) is 0.500. The van der Waals surface area contributed by atoms with Crippen LogP contribution in [0, 0.1) is 0 Å². The van der Waals surface area contributed by atoms with Gasteiger partial charge in [-0.15, -0.1) is 0 Å². The van der Waals surface area contributed by atoms with E-state index in [4.69, 9.17) is 10.5 Å². The van der Waals surface area contributed by atoms with Crippen LogP contribution in [0.15, 0.2) is 18.3 Å². The van der Waals surface area contributed by atoms with Crippen LogP contribution in [0.25, 0.3) is 0 Å². The zero-order chi connectivity index (χ0) is 13.0. The lowest BCUT2D eigenvalue weighted by Gasteiger charge is -2.30. The van der Waals surface area contributed by atoms with E-state index in [0.717, 1.165) is 13.1 Å². The van der Waals surface area contributed by atoms with Crippen LogP contribution in [0.3, 0.4) is 0 Å². The Morgan fingerprint density at radius 1 is 1.67 bits per heavy atom. The van der Waals surface area contributed by atoms with Gasteiger partial charge in [0.05, 0.1) is 24.6 Å². The second-order valence-corrected chi connectivity index (χ2v) is 4.44. The number of nitrogens with two attached hydrogens (primary N) is 1. The van der Waals surface area contributed by atoms with Crippen LogP contribution < -0.4 is 11.1 Å². The number of nitrogens with one attached hydrogen (secondary N) is 1. The molecule has 0 spiro atoms. The molecule has 1 saturated heterocycles. The molecule has 1 fully saturated rings. The molecule has 2 rings (SSSR count). The van der Waals surface area contributed by atoms with E-state index in [1.807, 2.05) is 7.05 Å². The Labute approximate surface area is 106 Å². The summed E-state index contributed by atoms with van der Waals surface area (Å²) in [6, 6.07) is 3.27. The maximum absolute atomic E-state index is 11.8. The quantitative estimate of drug-likeness (QED) is 0.771. The lowest BCUT2D eigenvalue weighted by Crippen LogP contribution is -2.46. The van der Waals surface area contributed by atoms with Gasteiger partial charge in [-0.3, -0.25) is 4.79 Å². The molecule has 0 bridgehead atoms. The van der Waals surface area contributed by atoms with Gasteiger partial charge in [0.25, 0.3) is 5.91 Å². The summed E-state index contributed by atoms with van der Waals surface area (Å²) in [4.78, 5) is 17.9. The van der Waals surface area contributed by atoms with E-state index < -0.39 is 0 Å². The minimum absolute atomic E-state index is 0.0430. The molecule has 1 aromatic rings. The first-order valence-corrected chi connectivity index (χ1v) is 5.95. The first-order chi connectivity index (χ1) is 8.65. The molecule has 0 aromatic carbocycles. The Morgan fingerprint density at radius 3 is 3.17 bits per heavy atom. The average molecular weight is 250 g/mol. The van der Waals surface area contributed by atoms with E-state index in [9.17, 15) is 4.79 Å². The van der Waals surface area contributed by atoms with Crippen molar-refractivity contribution in [3.8, 4) is 0 Å². The first kappa shape index (κ1) is 12.8. The Hall–Kier alpha value is -1.66. The normalized spacial score (nSPS) is 20.6. The van der Waals surface area contributed by atoms with E-state index >= 15 is 0 Å². The number of ether oxygens (including phenoxy) is 1. The topological polar surface area (TPSA) is 80.5 Å². The lowest BCUT2D eigenvalue weighted by molar-refractivity contribution is -0.0175. The minimum atomic E-state index is -0.202. The van der Waals surface area contributed by atoms with Gasteiger partial charge in [-0.1, -0.05) is 0 Å². The zero-order valence-corrected chi connectivity index (χ0v) is 10.4. The summed E-state index contributed by atoms with van der Waals surface area (Å²) in [7, 11) is 2.04. The fourth-order valence-electron chi connectivity index (χ4n) is 1.83. The molecule has 2 heterocycles. The molecule has 6 nitrogen and oxygen atoms in total. The largest absolute Gasteiger partial charge is 0.397 e. The van der Waals surface area contributed by atoms with E-state index in [-0.39, 0.29) is 12.0 Å². The van der Waals surface area contributed by atoms with Crippen LogP contribution in [0.4, 0.5) is 5.69 Å². The number of hydrogen-bond donors (Lipinski definition) is 2. The monoisotopic (exact) mass is 250 g/mol. The molecule has 0 saturated carbocycles. The number of anilines is 1. The van der Waals surface area contributed by atoms with Crippen LogP contribution >= 0.6 is 0 Å². The molecule has 0 aliphatic carbocycles. The summed E-state index contributed by atoms with van der Waals surface area (Å²) < 4.78 is 5.56. The summed E-state index contributed by atoms with van der Waals surface area (Å²) in [6.07, 6.45) is 1.52. The van der Waals surface area contributed by atoms with Crippen molar-refractivity contribution >= 4 is 11.6 Å². The second-order valence-electron chi connectivity index (χ2n) is 4.44. The highest BCUT2D eigenvalue weighted by Gasteiger charge is 2.18. The molecule has 1 aromatic heterocycles. The maximum Gasteiger partial charge on any atom is 0.269 e. The number of carbonyl (C=O) groups is 1. The maximum atomic E-state index is 11.8. The summed E-state index contributed by atoms with van der Waals surface area (Å²) in [6.45, 7) is 2.96. The molecule has 1 amide bonds. The predicted octanol–water partition coefficient (Wildman–Crippen LogP) is -0.276. The van der Waals surface area contributed by atoms with Crippen molar-refractivity contribution in [1.82, 2.24) is 15.2 Å². The van der Waals surface area contributed by atoms with E-state index in [2.05, 4.69) is 15.2 Å². The number of aromatic nitrogens is 1. The van der Waals surface area contributed by atoms with Crippen molar-refractivity contribution in [3.63, 3.8) is 0 Å². The van der Waals surface area contributed by atoms with Crippen LogP contribution in [-0.2, 0) is 4.74 Å². The van der Waals surface area contributed by atoms with Crippen molar-refractivity contribution in [1.29, 1.82) is 0 Å². The van der Waals surface area contributed by atoms with Gasteiger partial charge >= 0.3 is 0 Å². The van der Waals surface area contributed by atoms with Gasteiger partial charge in [-0.05, 0) is 19.2 Å².